The van der Waals surface area contributed by atoms with Crippen molar-refractivity contribution in [3.05, 3.63) is 22.5 Å². The Kier molecular flexibility index (Phi) is 5.64. The van der Waals surface area contributed by atoms with E-state index in [-0.39, 0.29) is 32.3 Å². The van der Waals surface area contributed by atoms with E-state index in [0.29, 0.717) is 24.3 Å². The molecule has 0 bridgehead atoms. The van der Waals surface area contributed by atoms with Crippen molar-refractivity contribution in [1.29, 1.82) is 0 Å². The number of carbonyl (C=O) groups excluding carboxylic acids is 1. The van der Waals surface area contributed by atoms with E-state index < -0.39 is 0 Å². The van der Waals surface area contributed by atoms with Gasteiger partial charge in [-0.2, -0.15) is 10.2 Å². The normalized spacial score (nSPS) is 16.6. The zero-order chi connectivity index (χ0) is 17.0. The Morgan fingerprint density at radius 3 is 2.39 bits per heavy atom. The second-order valence-electron chi connectivity index (χ2n) is 5.26. The van der Waals surface area contributed by atoms with E-state index in [4.69, 9.17) is 10.2 Å². The molecule has 1 aliphatic heterocycles. The molecule has 2 rings (SSSR count). The molecule has 1 aromatic rings. The Balaban J connectivity index is 2.42. The molecule has 126 valence electrons. The molecular formula is C15H22N4O4. The van der Waals surface area contributed by atoms with Crippen LogP contribution >= 0.6 is 0 Å². The SMILES string of the molecule is CC1=NN(CCO)C(=O)C1=Cc1c(C)nn(CCO)c1CCO. The Bertz CT molecular complexity index is 648. The minimum atomic E-state index is -0.263. The van der Waals surface area contributed by atoms with Crippen molar-refractivity contribution in [2.24, 2.45) is 5.10 Å². The van der Waals surface area contributed by atoms with Crippen LogP contribution in [0.2, 0.25) is 0 Å². The topological polar surface area (TPSA) is 111 Å². The van der Waals surface area contributed by atoms with Crippen LogP contribution in [0.25, 0.3) is 6.08 Å². The molecular weight excluding hydrogens is 300 g/mol. The molecule has 0 aromatic carbocycles. The number of hydrogen-bond acceptors (Lipinski definition) is 6. The summed E-state index contributed by atoms with van der Waals surface area (Å²) in [5.74, 6) is -0.263. The van der Waals surface area contributed by atoms with E-state index in [0.717, 1.165) is 17.0 Å². The lowest BCUT2D eigenvalue weighted by Crippen LogP contribution is -2.25. The van der Waals surface area contributed by atoms with Crippen molar-refractivity contribution in [2.75, 3.05) is 26.4 Å². The minimum absolute atomic E-state index is 0.0512. The maximum atomic E-state index is 12.3. The molecule has 0 radical (unpaired) electrons. The lowest BCUT2D eigenvalue weighted by atomic mass is 10.0. The lowest BCUT2D eigenvalue weighted by molar-refractivity contribution is -0.126. The number of hydrogen-bond donors (Lipinski definition) is 3. The zero-order valence-electron chi connectivity index (χ0n) is 13.4. The quantitative estimate of drug-likeness (QED) is 0.576. The minimum Gasteiger partial charge on any atom is -0.396 e. The van der Waals surface area contributed by atoms with Crippen molar-refractivity contribution in [2.45, 2.75) is 26.8 Å². The van der Waals surface area contributed by atoms with Gasteiger partial charge in [-0.25, -0.2) is 5.01 Å². The lowest BCUT2D eigenvalue weighted by Gasteiger charge is -2.09. The summed E-state index contributed by atoms with van der Waals surface area (Å²) in [5, 5.41) is 37.1. The Hall–Kier alpha value is -2.03. The highest BCUT2D eigenvalue weighted by molar-refractivity contribution is 6.26. The predicted molar refractivity (Wildman–Crippen MR) is 84.7 cm³/mol. The number of nitrogens with zero attached hydrogens (tertiary/aromatic N) is 4. The maximum Gasteiger partial charge on any atom is 0.275 e. The third-order valence-corrected chi connectivity index (χ3v) is 3.67. The van der Waals surface area contributed by atoms with Crippen LogP contribution in [-0.4, -0.2) is 68.1 Å². The molecule has 0 aliphatic carbocycles. The number of rotatable bonds is 7. The van der Waals surface area contributed by atoms with Crippen LogP contribution in [0.3, 0.4) is 0 Å². The molecule has 8 heteroatoms. The molecule has 23 heavy (non-hydrogen) atoms. The van der Waals surface area contributed by atoms with E-state index in [1.165, 1.54) is 5.01 Å². The van der Waals surface area contributed by atoms with Crippen LogP contribution in [0, 0.1) is 6.92 Å². The van der Waals surface area contributed by atoms with E-state index in [9.17, 15) is 9.90 Å². The van der Waals surface area contributed by atoms with Gasteiger partial charge in [0.2, 0.25) is 0 Å². The summed E-state index contributed by atoms with van der Waals surface area (Å²) in [6, 6.07) is 0. The van der Waals surface area contributed by atoms with Gasteiger partial charge in [-0.15, -0.1) is 0 Å². The number of hydrazone groups is 1. The summed E-state index contributed by atoms with van der Waals surface area (Å²) in [7, 11) is 0. The van der Waals surface area contributed by atoms with Crippen molar-refractivity contribution >= 4 is 17.7 Å². The Morgan fingerprint density at radius 1 is 1.09 bits per heavy atom. The number of aryl methyl sites for hydroxylation is 1. The molecule has 8 nitrogen and oxygen atoms in total. The van der Waals surface area contributed by atoms with Crippen LogP contribution in [0.4, 0.5) is 0 Å². The molecule has 0 saturated carbocycles. The van der Waals surface area contributed by atoms with E-state index >= 15 is 0 Å². The second kappa shape index (κ2) is 7.49. The fourth-order valence-corrected chi connectivity index (χ4v) is 2.61. The third kappa shape index (κ3) is 3.49. The first-order chi connectivity index (χ1) is 11.0. The van der Waals surface area contributed by atoms with E-state index in [1.54, 1.807) is 17.7 Å². The maximum absolute atomic E-state index is 12.3. The van der Waals surface area contributed by atoms with Gasteiger partial charge in [-0.3, -0.25) is 9.48 Å². The molecule has 0 fully saturated rings. The molecule has 1 aromatic heterocycles. The van der Waals surface area contributed by atoms with Gasteiger partial charge in [0.15, 0.2) is 0 Å². The van der Waals surface area contributed by atoms with Crippen molar-refractivity contribution < 1.29 is 20.1 Å². The van der Waals surface area contributed by atoms with Crippen molar-refractivity contribution in [1.82, 2.24) is 14.8 Å². The number of carbonyl (C=O) groups is 1. The number of amides is 1. The Morgan fingerprint density at radius 2 is 1.78 bits per heavy atom. The van der Waals surface area contributed by atoms with Crippen LogP contribution < -0.4 is 0 Å². The van der Waals surface area contributed by atoms with Gasteiger partial charge in [0.05, 0.1) is 43.3 Å². The molecule has 0 unspecified atom stereocenters. The predicted octanol–water partition coefficient (Wildman–Crippen LogP) is -0.688. The summed E-state index contributed by atoms with van der Waals surface area (Å²) < 4.78 is 1.65. The van der Waals surface area contributed by atoms with Crippen LogP contribution in [-0.2, 0) is 17.8 Å². The summed E-state index contributed by atoms with van der Waals surface area (Å²) in [4.78, 5) is 12.3. The average molecular weight is 322 g/mol. The second-order valence-corrected chi connectivity index (χ2v) is 5.26. The first-order valence-corrected chi connectivity index (χ1v) is 7.51. The molecule has 0 spiro atoms. The summed E-state index contributed by atoms with van der Waals surface area (Å²) >= 11 is 0. The summed E-state index contributed by atoms with van der Waals surface area (Å²) in [6.07, 6.45) is 2.10. The molecule has 0 saturated heterocycles. The number of β-amino-alcohol motifs (C(OH)–C–C–N with tert-alkyl or cyclic N) is 1. The van der Waals surface area contributed by atoms with Gasteiger partial charge < -0.3 is 15.3 Å². The average Bonchev–Trinajstić information content (AvgIpc) is 2.93. The van der Waals surface area contributed by atoms with Crippen LogP contribution in [0.15, 0.2) is 10.7 Å². The van der Waals surface area contributed by atoms with Gasteiger partial charge in [-0.05, 0) is 19.9 Å². The van der Waals surface area contributed by atoms with Gasteiger partial charge in [0.1, 0.15) is 0 Å². The number of aliphatic hydroxyl groups excluding tert-OH is 3. The van der Waals surface area contributed by atoms with E-state index in [1.807, 2.05) is 6.92 Å². The zero-order valence-corrected chi connectivity index (χ0v) is 13.4. The molecule has 0 atom stereocenters. The standard InChI is InChI=1S/C15H22N4O4/c1-10-12(14(3-6-20)18(16-10)4-7-21)9-13-11(2)17-19(5-8-22)15(13)23/h9,20-22H,3-8H2,1-2H3. The van der Waals surface area contributed by atoms with Crippen molar-refractivity contribution in [3.63, 3.8) is 0 Å². The monoisotopic (exact) mass is 322 g/mol. The van der Waals surface area contributed by atoms with E-state index in [2.05, 4.69) is 10.2 Å². The summed E-state index contributed by atoms with van der Waals surface area (Å²) in [5.41, 5.74) is 3.27. The third-order valence-electron chi connectivity index (χ3n) is 3.67. The number of aromatic nitrogens is 2. The molecule has 3 N–H and O–H groups in total. The fraction of sp³-hybridized carbons (Fsp3) is 0.533. The summed E-state index contributed by atoms with van der Waals surface area (Å²) in [6.45, 7) is 3.78. The Labute approximate surface area is 134 Å². The number of aliphatic hydroxyl groups is 3. The smallest absolute Gasteiger partial charge is 0.275 e. The van der Waals surface area contributed by atoms with Crippen molar-refractivity contribution in [3.8, 4) is 0 Å². The van der Waals surface area contributed by atoms with Gasteiger partial charge in [-0.1, -0.05) is 0 Å². The van der Waals surface area contributed by atoms with Crippen LogP contribution in [0.1, 0.15) is 23.9 Å². The molecule has 1 aliphatic rings. The fourth-order valence-electron chi connectivity index (χ4n) is 2.61. The highest BCUT2D eigenvalue weighted by atomic mass is 16.3. The first kappa shape index (κ1) is 17.3. The molecule has 1 amide bonds. The van der Waals surface area contributed by atoms with Gasteiger partial charge in [0, 0.05) is 24.3 Å². The highest BCUT2D eigenvalue weighted by Crippen LogP contribution is 2.23. The first-order valence-electron chi connectivity index (χ1n) is 7.51. The van der Waals surface area contributed by atoms with Crippen LogP contribution in [0.5, 0.6) is 0 Å². The highest BCUT2D eigenvalue weighted by Gasteiger charge is 2.28. The largest absolute Gasteiger partial charge is 0.396 e. The van der Waals surface area contributed by atoms with Gasteiger partial charge >= 0.3 is 0 Å². The molecule has 2 heterocycles. The van der Waals surface area contributed by atoms with Gasteiger partial charge in [0.25, 0.3) is 5.91 Å².